The van der Waals surface area contributed by atoms with Crippen molar-refractivity contribution >= 4 is 29.5 Å². The predicted molar refractivity (Wildman–Crippen MR) is 92.4 cm³/mol. The number of benzene rings is 1. The minimum Gasteiger partial charge on any atom is -0.479 e. The number of carbonyl (C=O) groups is 3. The number of hydrogen-bond donors (Lipinski definition) is 2. The normalized spacial score (nSPS) is 19.6. The molecular formula is C17H22N2O4S. The topological polar surface area (TPSA) is 86.7 Å². The minimum absolute atomic E-state index is 0.0997. The van der Waals surface area contributed by atoms with Crippen LogP contribution in [0.1, 0.15) is 32.3 Å². The van der Waals surface area contributed by atoms with E-state index in [0.29, 0.717) is 23.6 Å². The molecule has 0 spiro atoms. The highest BCUT2D eigenvalue weighted by Gasteiger charge is 2.43. The maximum absolute atomic E-state index is 12.7. The van der Waals surface area contributed by atoms with Gasteiger partial charge in [0.1, 0.15) is 6.04 Å². The van der Waals surface area contributed by atoms with Gasteiger partial charge in [0.2, 0.25) is 11.8 Å². The molecule has 0 aromatic heterocycles. The number of hydrogen-bond acceptors (Lipinski definition) is 4. The van der Waals surface area contributed by atoms with Crippen LogP contribution in [0.4, 0.5) is 0 Å². The summed E-state index contributed by atoms with van der Waals surface area (Å²) >= 11 is 1.50. The van der Waals surface area contributed by atoms with E-state index >= 15 is 0 Å². The van der Waals surface area contributed by atoms with E-state index in [2.05, 4.69) is 5.32 Å². The van der Waals surface area contributed by atoms with Crippen molar-refractivity contribution in [3.63, 3.8) is 0 Å². The Morgan fingerprint density at radius 3 is 2.50 bits per heavy atom. The molecule has 24 heavy (non-hydrogen) atoms. The first-order chi connectivity index (χ1) is 11.5. The number of thioether (sulfide) groups is 1. The van der Waals surface area contributed by atoms with Crippen molar-refractivity contribution in [2.75, 3.05) is 11.6 Å². The highest BCUT2D eigenvalue weighted by Crippen LogP contribution is 2.28. The van der Waals surface area contributed by atoms with Crippen LogP contribution in [-0.2, 0) is 19.9 Å². The van der Waals surface area contributed by atoms with Crippen LogP contribution in [0.5, 0.6) is 0 Å². The van der Waals surface area contributed by atoms with Crippen molar-refractivity contribution in [3.8, 4) is 0 Å². The summed E-state index contributed by atoms with van der Waals surface area (Å²) in [6, 6.07) is 8.03. The zero-order valence-corrected chi connectivity index (χ0v) is 14.6. The van der Waals surface area contributed by atoms with Crippen LogP contribution >= 0.6 is 11.8 Å². The van der Waals surface area contributed by atoms with E-state index in [9.17, 15) is 19.5 Å². The van der Waals surface area contributed by atoms with Crippen molar-refractivity contribution in [1.82, 2.24) is 10.2 Å². The lowest BCUT2D eigenvalue weighted by atomic mass is 9.87. The summed E-state index contributed by atoms with van der Waals surface area (Å²) in [6.45, 7) is 3.47. The van der Waals surface area contributed by atoms with E-state index in [4.69, 9.17) is 0 Å². The third-order valence-corrected chi connectivity index (χ3v) is 5.32. The van der Waals surface area contributed by atoms with Gasteiger partial charge >= 0.3 is 5.97 Å². The van der Waals surface area contributed by atoms with Gasteiger partial charge in [-0.3, -0.25) is 9.59 Å². The first-order valence-electron chi connectivity index (χ1n) is 7.94. The summed E-state index contributed by atoms with van der Waals surface area (Å²) < 4.78 is 0. The number of carboxylic acids is 1. The molecule has 1 aromatic rings. The fourth-order valence-electron chi connectivity index (χ4n) is 2.82. The molecule has 1 heterocycles. The molecule has 1 fully saturated rings. The first-order valence-corrected chi connectivity index (χ1v) is 9.09. The lowest BCUT2D eigenvalue weighted by Gasteiger charge is -2.32. The summed E-state index contributed by atoms with van der Waals surface area (Å²) in [7, 11) is 0. The molecule has 0 saturated carbocycles. The average molecular weight is 350 g/mol. The number of carboxylic acid groups (broad SMARTS) is 1. The standard InChI is InChI=1S/C17H22N2O4S/c1-3-14(20)19-11-24-10-13(19)15(21)18-17(4-2,16(22)23)12-8-6-5-7-9-12/h5-9,13H,3-4,10-11H2,1-2H3,(H,18,21)(H,22,23). The number of carbonyl (C=O) groups excluding carboxylic acids is 2. The van der Waals surface area contributed by atoms with E-state index in [1.54, 1.807) is 44.2 Å². The van der Waals surface area contributed by atoms with Gasteiger partial charge in [0.25, 0.3) is 0 Å². The molecule has 0 aliphatic carbocycles. The molecule has 1 aliphatic heterocycles. The quantitative estimate of drug-likeness (QED) is 0.817. The fourth-order valence-corrected chi connectivity index (χ4v) is 4.00. The smallest absolute Gasteiger partial charge is 0.334 e. The zero-order chi connectivity index (χ0) is 17.7. The van der Waals surface area contributed by atoms with Gasteiger partial charge < -0.3 is 15.3 Å². The molecule has 2 rings (SSSR count). The Kier molecular flexibility index (Phi) is 5.88. The Morgan fingerprint density at radius 2 is 1.96 bits per heavy atom. The number of amides is 2. The molecular weight excluding hydrogens is 328 g/mol. The highest BCUT2D eigenvalue weighted by atomic mass is 32.2. The van der Waals surface area contributed by atoms with Crippen molar-refractivity contribution in [3.05, 3.63) is 35.9 Å². The Bertz CT molecular complexity index is 622. The van der Waals surface area contributed by atoms with Crippen molar-refractivity contribution in [2.24, 2.45) is 0 Å². The van der Waals surface area contributed by atoms with Gasteiger partial charge in [0.05, 0.1) is 5.88 Å². The maximum atomic E-state index is 12.7. The lowest BCUT2D eigenvalue weighted by molar-refractivity contribution is -0.149. The number of aliphatic carboxylic acids is 1. The number of rotatable bonds is 6. The van der Waals surface area contributed by atoms with Crippen LogP contribution in [0, 0.1) is 0 Å². The van der Waals surface area contributed by atoms with Crippen molar-refractivity contribution < 1.29 is 19.5 Å². The van der Waals surface area contributed by atoms with E-state index < -0.39 is 23.5 Å². The van der Waals surface area contributed by atoms with E-state index in [1.807, 2.05) is 0 Å². The van der Waals surface area contributed by atoms with Gasteiger partial charge in [-0.2, -0.15) is 0 Å². The summed E-state index contributed by atoms with van der Waals surface area (Å²) in [5.74, 6) is -0.690. The van der Waals surface area contributed by atoms with Crippen LogP contribution in [0.3, 0.4) is 0 Å². The average Bonchev–Trinajstić information content (AvgIpc) is 3.09. The molecule has 6 nitrogen and oxygen atoms in total. The molecule has 1 saturated heterocycles. The zero-order valence-electron chi connectivity index (χ0n) is 13.8. The van der Waals surface area contributed by atoms with Gasteiger partial charge in [0.15, 0.2) is 5.54 Å². The third-order valence-electron chi connectivity index (χ3n) is 4.31. The van der Waals surface area contributed by atoms with Crippen LogP contribution in [0.25, 0.3) is 0 Å². The van der Waals surface area contributed by atoms with Crippen LogP contribution < -0.4 is 5.32 Å². The van der Waals surface area contributed by atoms with Crippen molar-refractivity contribution in [2.45, 2.75) is 38.3 Å². The third kappa shape index (κ3) is 3.40. The monoisotopic (exact) mass is 350 g/mol. The molecule has 2 atom stereocenters. The van der Waals surface area contributed by atoms with Gasteiger partial charge in [0, 0.05) is 12.2 Å². The van der Waals surface area contributed by atoms with E-state index in [0.717, 1.165) is 0 Å². The van der Waals surface area contributed by atoms with Crippen LogP contribution in [0.2, 0.25) is 0 Å². The summed E-state index contributed by atoms with van der Waals surface area (Å²) in [4.78, 5) is 38.2. The second kappa shape index (κ2) is 7.70. The maximum Gasteiger partial charge on any atom is 0.334 e. The van der Waals surface area contributed by atoms with Crippen LogP contribution in [-0.4, -0.2) is 45.5 Å². The largest absolute Gasteiger partial charge is 0.479 e. The number of nitrogens with one attached hydrogen (secondary N) is 1. The molecule has 1 aromatic carbocycles. The molecule has 1 aliphatic rings. The SMILES string of the molecule is CCC(=O)N1CSCC1C(=O)NC(CC)(C(=O)O)c1ccccc1. The second-order valence-electron chi connectivity index (χ2n) is 5.65. The Hall–Kier alpha value is -2.02. The lowest BCUT2D eigenvalue weighted by Crippen LogP contribution is -2.57. The van der Waals surface area contributed by atoms with Gasteiger partial charge in [-0.1, -0.05) is 44.2 Å². The van der Waals surface area contributed by atoms with E-state index in [-0.39, 0.29) is 12.3 Å². The molecule has 0 bridgehead atoms. The fraction of sp³-hybridized carbons (Fsp3) is 0.471. The molecule has 0 radical (unpaired) electrons. The van der Waals surface area contributed by atoms with Gasteiger partial charge in [-0.05, 0) is 12.0 Å². The Labute approximate surface area is 145 Å². The Balaban J connectivity index is 2.28. The van der Waals surface area contributed by atoms with Crippen LogP contribution in [0.15, 0.2) is 30.3 Å². The van der Waals surface area contributed by atoms with Crippen molar-refractivity contribution in [1.29, 1.82) is 0 Å². The molecule has 2 N–H and O–H groups in total. The molecule has 130 valence electrons. The second-order valence-corrected chi connectivity index (χ2v) is 6.65. The van der Waals surface area contributed by atoms with Gasteiger partial charge in [-0.15, -0.1) is 11.8 Å². The summed E-state index contributed by atoms with van der Waals surface area (Å²) in [6.07, 6.45) is 0.528. The summed E-state index contributed by atoms with van der Waals surface area (Å²) in [5.41, 5.74) is -0.973. The molecule has 7 heteroatoms. The number of nitrogens with zero attached hydrogens (tertiary/aromatic N) is 1. The minimum atomic E-state index is -1.49. The molecule has 2 amide bonds. The summed E-state index contributed by atoms with van der Waals surface area (Å²) in [5, 5.41) is 12.5. The predicted octanol–water partition coefficient (Wildman–Crippen LogP) is 1.80. The Morgan fingerprint density at radius 1 is 1.29 bits per heavy atom. The van der Waals surface area contributed by atoms with Gasteiger partial charge in [-0.25, -0.2) is 4.79 Å². The van der Waals surface area contributed by atoms with E-state index in [1.165, 1.54) is 16.7 Å². The molecule has 2 unspecified atom stereocenters. The first kappa shape index (κ1) is 18.3. The highest BCUT2D eigenvalue weighted by molar-refractivity contribution is 7.99.